The molecule has 1 aromatic carbocycles. The van der Waals surface area contributed by atoms with Crippen molar-refractivity contribution in [1.29, 1.82) is 0 Å². The zero-order chi connectivity index (χ0) is 15.8. The van der Waals surface area contributed by atoms with E-state index < -0.39 is 10.9 Å². The second kappa shape index (κ2) is 8.21. The summed E-state index contributed by atoms with van der Waals surface area (Å²) in [6.07, 6.45) is 0. The van der Waals surface area contributed by atoms with Gasteiger partial charge in [0.05, 0.1) is 12.0 Å². The maximum absolute atomic E-state index is 11.7. The van der Waals surface area contributed by atoms with Crippen LogP contribution >= 0.6 is 0 Å². The van der Waals surface area contributed by atoms with Gasteiger partial charge in [0.1, 0.15) is 17.9 Å². The molecule has 7 heteroatoms. The fourth-order valence-electron chi connectivity index (χ4n) is 1.85. The van der Waals surface area contributed by atoms with E-state index in [1.165, 1.54) is 25.3 Å². The molecule has 0 aliphatic carbocycles. The van der Waals surface area contributed by atoms with E-state index >= 15 is 0 Å². The molecule has 116 valence electrons. The van der Waals surface area contributed by atoms with Crippen molar-refractivity contribution in [3.05, 3.63) is 33.9 Å². The first-order valence-corrected chi connectivity index (χ1v) is 6.75. The Morgan fingerprint density at radius 3 is 2.52 bits per heavy atom. The summed E-state index contributed by atoms with van der Waals surface area (Å²) in [6.45, 7) is 7.02. The van der Waals surface area contributed by atoms with Gasteiger partial charge >= 0.3 is 5.97 Å². The number of nitrogens with zero attached hydrogens (tertiary/aromatic N) is 2. The van der Waals surface area contributed by atoms with Crippen molar-refractivity contribution in [1.82, 2.24) is 4.90 Å². The molecule has 0 saturated carbocycles. The topological polar surface area (TPSA) is 81.9 Å². The minimum atomic E-state index is -0.656. The van der Waals surface area contributed by atoms with Gasteiger partial charge in [-0.05, 0) is 19.2 Å². The van der Waals surface area contributed by atoms with Crippen LogP contribution < -0.4 is 4.74 Å². The lowest BCUT2D eigenvalue weighted by molar-refractivity contribution is -0.384. The number of carbonyl (C=O) groups excluding carboxylic acids is 1. The maximum Gasteiger partial charge on any atom is 0.341 e. The van der Waals surface area contributed by atoms with E-state index in [1.54, 1.807) is 0 Å². The van der Waals surface area contributed by atoms with Crippen LogP contribution in [0.15, 0.2) is 18.2 Å². The summed E-state index contributed by atoms with van der Waals surface area (Å²) in [5.41, 5.74) is -0.113. The SMILES string of the molecule is CCN(CC)CCOc1ccc([N+](=O)[O-])cc1C(=O)OC. The van der Waals surface area contributed by atoms with Gasteiger partial charge in [-0.25, -0.2) is 4.79 Å². The Hall–Kier alpha value is -2.15. The minimum absolute atomic E-state index is 0.0613. The minimum Gasteiger partial charge on any atom is -0.491 e. The third kappa shape index (κ3) is 4.71. The molecule has 0 fully saturated rings. The van der Waals surface area contributed by atoms with Gasteiger partial charge in [-0.2, -0.15) is 0 Å². The van der Waals surface area contributed by atoms with Gasteiger partial charge in [-0.15, -0.1) is 0 Å². The summed E-state index contributed by atoms with van der Waals surface area (Å²) >= 11 is 0. The van der Waals surface area contributed by atoms with Gasteiger partial charge in [0.25, 0.3) is 5.69 Å². The number of rotatable bonds is 8. The van der Waals surface area contributed by atoms with E-state index in [2.05, 4.69) is 23.5 Å². The second-order valence-electron chi connectivity index (χ2n) is 4.30. The Labute approximate surface area is 123 Å². The molecule has 0 aliphatic heterocycles. The Morgan fingerprint density at radius 1 is 1.33 bits per heavy atom. The lowest BCUT2D eigenvalue weighted by atomic mass is 10.2. The number of likely N-dealkylation sites (N-methyl/N-ethyl adjacent to an activating group) is 1. The average molecular weight is 296 g/mol. The van der Waals surface area contributed by atoms with E-state index in [0.717, 1.165) is 13.1 Å². The zero-order valence-corrected chi connectivity index (χ0v) is 12.5. The zero-order valence-electron chi connectivity index (χ0n) is 12.5. The van der Waals surface area contributed by atoms with Crippen LogP contribution in [0.5, 0.6) is 5.75 Å². The largest absolute Gasteiger partial charge is 0.491 e. The summed E-state index contributed by atoms with van der Waals surface area (Å²) < 4.78 is 10.2. The van der Waals surface area contributed by atoms with Crippen LogP contribution in [-0.2, 0) is 4.74 Å². The van der Waals surface area contributed by atoms with E-state index in [1.807, 2.05) is 0 Å². The predicted molar refractivity (Wildman–Crippen MR) is 77.7 cm³/mol. The molecule has 0 unspecified atom stereocenters. The summed E-state index contributed by atoms with van der Waals surface area (Å²) in [4.78, 5) is 24.1. The third-order valence-corrected chi connectivity index (χ3v) is 3.14. The molecule has 0 N–H and O–H groups in total. The number of hydrogen-bond acceptors (Lipinski definition) is 6. The van der Waals surface area contributed by atoms with Gasteiger partial charge in [-0.1, -0.05) is 13.8 Å². The van der Waals surface area contributed by atoms with Crippen molar-refractivity contribution >= 4 is 11.7 Å². The van der Waals surface area contributed by atoms with Crippen LogP contribution in [0.3, 0.4) is 0 Å². The lowest BCUT2D eigenvalue weighted by Gasteiger charge is -2.18. The number of nitro benzene ring substituents is 1. The molecule has 7 nitrogen and oxygen atoms in total. The summed E-state index contributed by atoms with van der Waals surface area (Å²) in [5.74, 6) is -0.365. The van der Waals surface area contributed by atoms with Crippen molar-refractivity contribution in [3.63, 3.8) is 0 Å². The molecule has 0 saturated heterocycles. The molecule has 1 rings (SSSR count). The fraction of sp³-hybridized carbons (Fsp3) is 0.500. The standard InChI is InChI=1S/C14H20N2O5/c1-4-15(5-2)8-9-21-13-7-6-11(16(18)19)10-12(13)14(17)20-3/h6-7,10H,4-5,8-9H2,1-3H3. The highest BCUT2D eigenvalue weighted by atomic mass is 16.6. The van der Waals surface area contributed by atoms with Gasteiger partial charge in [0, 0.05) is 18.7 Å². The second-order valence-corrected chi connectivity index (χ2v) is 4.30. The predicted octanol–water partition coefficient (Wildman–Crippen LogP) is 2.10. The van der Waals surface area contributed by atoms with Crippen LogP contribution in [0.2, 0.25) is 0 Å². The number of hydrogen-bond donors (Lipinski definition) is 0. The summed E-state index contributed by atoms with van der Waals surface area (Å²) in [5, 5.41) is 10.8. The molecule has 0 spiro atoms. The van der Waals surface area contributed by atoms with Crippen molar-refractivity contribution in [3.8, 4) is 5.75 Å². The van der Waals surface area contributed by atoms with Gasteiger partial charge in [-0.3, -0.25) is 10.1 Å². The first-order valence-electron chi connectivity index (χ1n) is 6.75. The smallest absolute Gasteiger partial charge is 0.341 e. The number of esters is 1. The Balaban J connectivity index is 2.85. The third-order valence-electron chi connectivity index (χ3n) is 3.14. The summed E-state index contributed by atoms with van der Waals surface area (Å²) in [7, 11) is 1.22. The van der Waals surface area contributed by atoms with Crippen molar-refractivity contribution in [2.24, 2.45) is 0 Å². The monoisotopic (exact) mass is 296 g/mol. The molecular weight excluding hydrogens is 276 g/mol. The van der Waals surface area contributed by atoms with Crippen molar-refractivity contribution in [2.45, 2.75) is 13.8 Å². The molecule has 0 amide bonds. The van der Waals surface area contributed by atoms with Crippen LogP contribution in [0.1, 0.15) is 24.2 Å². The maximum atomic E-state index is 11.7. The molecule has 0 atom stereocenters. The number of carbonyl (C=O) groups is 1. The summed E-state index contributed by atoms with van der Waals surface area (Å²) in [6, 6.07) is 3.89. The molecule has 0 heterocycles. The number of non-ortho nitro benzene ring substituents is 1. The molecule has 21 heavy (non-hydrogen) atoms. The van der Waals surface area contributed by atoms with Crippen molar-refractivity contribution in [2.75, 3.05) is 33.4 Å². The highest BCUT2D eigenvalue weighted by Gasteiger charge is 2.18. The van der Waals surface area contributed by atoms with Crippen LogP contribution in [0.25, 0.3) is 0 Å². The number of ether oxygens (including phenoxy) is 2. The Bertz CT molecular complexity index is 500. The molecule has 0 aromatic heterocycles. The fourth-order valence-corrected chi connectivity index (χ4v) is 1.85. The Morgan fingerprint density at radius 2 is 2.00 bits per heavy atom. The number of methoxy groups -OCH3 is 1. The van der Waals surface area contributed by atoms with Crippen LogP contribution in [0, 0.1) is 10.1 Å². The van der Waals surface area contributed by atoms with E-state index in [0.29, 0.717) is 18.9 Å². The molecular formula is C14H20N2O5. The quantitative estimate of drug-likeness (QED) is 0.415. The van der Waals surface area contributed by atoms with Crippen LogP contribution in [0.4, 0.5) is 5.69 Å². The van der Waals surface area contributed by atoms with Crippen molar-refractivity contribution < 1.29 is 19.2 Å². The Kier molecular flexibility index (Phi) is 6.61. The highest BCUT2D eigenvalue weighted by Crippen LogP contribution is 2.25. The van der Waals surface area contributed by atoms with E-state index in [-0.39, 0.29) is 11.3 Å². The number of nitro groups is 1. The van der Waals surface area contributed by atoms with E-state index in [9.17, 15) is 14.9 Å². The molecule has 0 bridgehead atoms. The molecule has 0 aliphatic rings. The van der Waals surface area contributed by atoms with E-state index in [4.69, 9.17) is 4.74 Å². The first-order chi connectivity index (χ1) is 10.0. The average Bonchev–Trinajstić information content (AvgIpc) is 2.50. The van der Waals surface area contributed by atoms with Gasteiger partial charge < -0.3 is 14.4 Å². The molecule has 1 aromatic rings. The first kappa shape index (κ1) is 16.9. The number of benzene rings is 1. The normalized spacial score (nSPS) is 10.5. The highest BCUT2D eigenvalue weighted by molar-refractivity contribution is 5.93. The van der Waals surface area contributed by atoms with Gasteiger partial charge in [0.2, 0.25) is 0 Å². The molecule has 0 radical (unpaired) electrons. The van der Waals surface area contributed by atoms with Gasteiger partial charge in [0.15, 0.2) is 0 Å². The van der Waals surface area contributed by atoms with Crippen LogP contribution in [-0.4, -0.2) is 49.1 Å². The lowest BCUT2D eigenvalue weighted by Crippen LogP contribution is -2.28.